The van der Waals surface area contributed by atoms with E-state index in [9.17, 15) is 0 Å². The molecule has 0 aliphatic rings. The van der Waals surface area contributed by atoms with Crippen molar-refractivity contribution in [2.45, 2.75) is 13.8 Å². The van der Waals surface area contributed by atoms with Crippen LogP contribution in [-0.2, 0) is 0 Å². The molecule has 3 heteroatoms. The van der Waals surface area contributed by atoms with Gasteiger partial charge in [-0.25, -0.2) is 4.98 Å². The summed E-state index contributed by atoms with van der Waals surface area (Å²) in [7, 11) is 0. The topological polar surface area (TPSA) is 22.2 Å². The maximum Gasteiger partial charge on any atom is 0.147 e. The number of pyridine rings is 1. The monoisotopic (exact) mass is 411 g/mol. The maximum absolute atomic E-state index is 5.08. The molecule has 7 rings (SSSR count). The van der Waals surface area contributed by atoms with Crippen LogP contribution in [0.4, 0.5) is 0 Å². The summed E-state index contributed by atoms with van der Waals surface area (Å²) in [5, 5.41) is 4.95. The van der Waals surface area contributed by atoms with Crippen LogP contribution < -0.4 is 0 Å². The third-order valence-corrected chi connectivity index (χ3v) is 6.65. The normalized spacial score (nSPS) is 12.1. The fourth-order valence-electron chi connectivity index (χ4n) is 5.32. The summed E-state index contributed by atoms with van der Waals surface area (Å²) < 4.78 is 4.78. The molecule has 0 unspecified atom stereocenters. The van der Waals surface area contributed by atoms with Crippen molar-refractivity contribution in [3.63, 3.8) is 0 Å². The number of aromatic nitrogens is 3. The first-order valence-electron chi connectivity index (χ1n) is 11.0. The predicted molar refractivity (Wildman–Crippen MR) is 134 cm³/mol. The van der Waals surface area contributed by atoms with Gasteiger partial charge in [-0.3, -0.25) is 8.97 Å². The first kappa shape index (κ1) is 17.6. The van der Waals surface area contributed by atoms with Crippen molar-refractivity contribution >= 4 is 49.4 Å². The third-order valence-electron chi connectivity index (χ3n) is 6.65. The summed E-state index contributed by atoms with van der Waals surface area (Å²) in [4.78, 5) is 5.08. The van der Waals surface area contributed by atoms with E-state index in [1.165, 1.54) is 49.5 Å². The van der Waals surface area contributed by atoms with Gasteiger partial charge in [0.1, 0.15) is 11.3 Å². The lowest BCUT2D eigenvalue weighted by Gasteiger charge is -2.14. The molecule has 3 nitrogen and oxygen atoms in total. The van der Waals surface area contributed by atoms with Crippen LogP contribution in [0, 0.1) is 13.8 Å². The quantitative estimate of drug-likeness (QED) is 0.277. The zero-order valence-corrected chi connectivity index (χ0v) is 18.0. The molecule has 3 aromatic heterocycles. The maximum atomic E-state index is 5.08. The molecule has 0 aliphatic heterocycles. The molecule has 0 spiro atoms. The molecule has 4 aromatic carbocycles. The van der Waals surface area contributed by atoms with Gasteiger partial charge in [-0.15, -0.1) is 0 Å². The molecule has 0 fully saturated rings. The van der Waals surface area contributed by atoms with Crippen molar-refractivity contribution in [3.8, 4) is 5.69 Å². The second-order valence-corrected chi connectivity index (χ2v) is 8.65. The van der Waals surface area contributed by atoms with Crippen LogP contribution in [0.1, 0.15) is 11.1 Å². The van der Waals surface area contributed by atoms with Crippen LogP contribution >= 0.6 is 0 Å². The highest BCUT2D eigenvalue weighted by Gasteiger charge is 2.21. The Kier molecular flexibility index (Phi) is 3.41. The number of benzene rings is 4. The summed E-state index contributed by atoms with van der Waals surface area (Å²) in [6, 6.07) is 32.6. The van der Waals surface area contributed by atoms with E-state index in [1.807, 2.05) is 0 Å². The Morgan fingerprint density at radius 2 is 1.34 bits per heavy atom. The SMILES string of the molecule is Cc1ccc(-n2c3ccccc3c3c4ccccc4c4nc5ccccc5n4c32)c(C)c1. The first-order valence-corrected chi connectivity index (χ1v) is 11.0. The van der Waals surface area contributed by atoms with E-state index in [4.69, 9.17) is 4.98 Å². The Morgan fingerprint density at radius 1 is 0.656 bits per heavy atom. The van der Waals surface area contributed by atoms with Crippen molar-refractivity contribution in [3.05, 3.63) is 102 Å². The number of aryl methyl sites for hydroxylation is 2. The van der Waals surface area contributed by atoms with E-state index in [2.05, 4.69) is 114 Å². The fraction of sp³-hybridized carbons (Fsp3) is 0.0690. The Hall–Kier alpha value is -4.11. The number of nitrogens with zero attached hydrogens (tertiary/aromatic N) is 3. The smallest absolute Gasteiger partial charge is 0.147 e. The number of rotatable bonds is 1. The molecule has 0 saturated carbocycles. The summed E-state index contributed by atoms with van der Waals surface area (Å²) >= 11 is 0. The second-order valence-electron chi connectivity index (χ2n) is 8.65. The lowest BCUT2D eigenvalue weighted by molar-refractivity contribution is 1.09. The molecular weight excluding hydrogens is 390 g/mol. The number of hydrogen-bond acceptors (Lipinski definition) is 1. The molecule has 0 atom stereocenters. The molecule has 0 aliphatic carbocycles. The fourth-order valence-corrected chi connectivity index (χ4v) is 5.32. The molecule has 152 valence electrons. The highest BCUT2D eigenvalue weighted by molar-refractivity contribution is 6.23. The summed E-state index contributed by atoms with van der Waals surface area (Å²) in [6.45, 7) is 4.35. The molecule has 3 heterocycles. The highest BCUT2D eigenvalue weighted by Crippen LogP contribution is 2.40. The van der Waals surface area contributed by atoms with Gasteiger partial charge < -0.3 is 0 Å². The van der Waals surface area contributed by atoms with E-state index in [-0.39, 0.29) is 0 Å². The first-order chi connectivity index (χ1) is 15.7. The second kappa shape index (κ2) is 6.21. The van der Waals surface area contributed by atoms with Gasteiger partial charge in [-0.2, -0.15) is 0 Å². The Labute approximate surface area is 185 Å². The van der Waals surface area contributed by atoms with Gasteiger partial charge in [-0.1, -0.05) is 72.3 Å². The minimum Gasteiger partial charge on any atom is -0.295 e. The largest absolute Gasteiger partial charge is 0.295 e. The van der Waals surface area contributed by atoms with Gasteiger partial charge in [0.25, 0.3) is 0 Å². The zero-order chi connectivity index (χ0) is 21.4. The van der Waals surface area contributed by atoms with Crippen LogP contribution in [0.3, 0.4) is 0 Å². The van der Waals surface area contributed by atoms with Gasteiger partial charge in [0.05, 0.1) is 22.2 Å². The van der Waals surface area contributed by atoms with Crippen LogP contribution in [0.25, 0.3) is 55.1 Å². The average Bonchev–Trinajstić information content (AvgIpc) is 3.36. The molecule has 0 N–H and O–H groups in total. The van der Waals surface area contributed by atoms with Gasteiger partial charge in [0.2, 0.25) is 0 Å². The van der Waals surface area contributed by atoms with Crippen LogP contribution in [0.15, 0.2) is 91.0 Å². The Bertz CT molecular complexity index is 1850. The molecule has 0 bridgehead atoms. The average molecular weight is 412 g/mol. The summed E-state index contributed by atoms with van der Waals surface area (Å²) in [5.74, 6) is 0. The van der Waals surface area contributed by atoms with Crippen molar-refractivity contribution in [1.82, 2.24) is 14.0 Å². The van der Waals surface area contributed by atoms with Gasteiger partial charge >= 0.3 is 0 Å². The standard InChI is InChI=1S/C29H21N3/c1-18-15-16-24(19(2)17-18)31-25-13-7-5-11-22(25)27-20-9-3-4-10-21(20)28-30-23-12-6-8-14-26(23)32(28)29(27)31/h3-17H,1-2H3. The Balaban J connectivity index is 1.88. The molecule has 0 radical (unpaired) electrons. The van der Waals surface area contributed by atoms with Crippen molar-refractivity contribution < 1.29 is 0 Å². The van der Waals surface area contributed by atoms with Crippen LogP contribution in [0.2, 0.25) is 0 Å². The molecular formula is C29H21N3. The van der Waals surface area contributed by atoms with Crippen molar-refractivity contribution in [2.24, 2.45) is 0 Å². The van der Waals surface area contributed by atoms with Crippen LogP contribution in [-0.4, -0.2) is 14.0 Å². The number of para-hydroxylation sites is 3. The van der Waals surface area contributed by atoms with Gasteiger partial charge in [0, 0.05) is 16.2 Å². The van der Waals surface area contributed by atoms with E-state index in [1.54, 1.807) is 0 Å². The minimum atomic E-state index is 1.00. The number of hydrogen-bond donors (Lipinski definition) is 0. The Morgan fingerprint density at radius 3 is 2.16 bits per heavy atom. The lowest BCUT2D eigenvalue weighted by atomic mass is 10.1. The summed E-state index contributed by atoms with van der Waals surface area (Å²) in [5.41, 5.74) is 9.27. The highest BCUT2D eigenvalue weighted by atomic mass is 15.1. The number of fused-ring (bicyclic) bond motifs is 10. The number of imidazole rings is 1. The summed E-state index contributed by atoms with van der Waals surface area (Å²) in [6.07, 6.45) is 0. The van der Waals surface area contributed by atoms with E-state index < -0.39 is 0 Å². The van der Waals surface area contributed by atoms with Gasteiger partial charge in [-0.05, 0) is 49.1 Å². The minimum absolute atomic E-state index is 1.00. The van der Waals surface area contributed by atoms with E-state index in [0.717, 1.165) is 16.7 Å². The molecule has 32 heavy (non-hydrogen) atoms. The third kappa shape index (κ3) is 2.17. The van der Waals surface area contributed by atoms with Gasteiger partial charge in [0.15, 0.2) is 0 Å². The van der Waals surface area contributed by atoms with Crippen molar-refractivity contribution in [2.75, 3.05) is 0 Å². The molecule has 0 saturated heterocycles. The van der Waals surface area contributed by atoms with Crippen LogP contribution in [0.5, 0.6) is 0 Å². The van der Waals surface area contributed by atoms with E-state index >= 15 is 0 Å². The van der Waals surface area contributed by atoms with Crippen molar-refractivity contribution in [1.29, 1.82) is 0 Å². The molecule has 0 amide bonds. The molecule has 7 aromatic rings. The lowest BCUT2D eigenvalue weighted by Crippen LogP contribution is -2.01. The van der Waals surface area contributed by atoms with E-state index in [0.29, 0.717) is 0 Å². The predicted octanol–water partition coefficient (Wildman–Crippen LogP) is 7.35. The zero-order valence-electron chi connectivity index (χ0n) is 18.0.